The topological polar surface area (TPSA) is 27.7 Å². The summed E-state index contributed by atoms with van der Waals surface area (Å²) in [6.45, 7) is 6.87. The molecular weight excluding hydrogens is 168 g/mol. The lowest BCUT2D eigenvalue weighted by Gasteiger charge is -2.30. The third-order valence-corrected chi connectivity index (χ3v) is 2.72. The van der Waals surface area contributed by atoms with E-state index in [1.165, 1.54) is 0 Å². The summed E-state index contributed by atoms with van der Waals surface area (Å²) in [5.41, 5.74) is 0. The van der Waals surface area contributed by atoms with Crippen molar-refractivity contribution in [2.45, 2.75) is 57.7 Å². The van der Waals surface area contributed by atoms with Gasteiger partial charge >= 0.3 is 0 Å². The molecule has 3 atom stereocenters. The fraction of sp³-hybridized carbons (Fsp3) is 1.00. The first-order valence-corrected chi connectivity index (χ1v) is 5.09. The van der Waals surface area contributed by atoms with Crippen LogP contribution in [0.25, 0.3) is 0 Å². The highest BCUT2D eigenvalue weighted by atomic mass is 16.8. The van der Waals surface area contributed by atoms with Gasteiger partial charge < -0.3 is 14.2 Å². The number of hydrogen-bond donors (Lipinski definition) is 0. The summed E-state index contributed by atoms with van der Waals surface area (Å²) in [5, 5.41) is 0. The quantitative estimate of drug-likeness (QED) is 0.624. The molecule has 0 amide bonds. The second-order valence-electron chi connectivity index (χ2n) is 4.24. The van der Waals surface area contributed by atoms with Gasteiger partial charge in [0, 0.05) is 6.61 Å². The van der Waals surface area contributed by atoms with Gasteiger partial charge in [-0.25, -0.2) is 0 Å². The molecule has 2 aliphatic heterocycles. The molecule has 0 aliphatic carbocycles. The van der Waals surface area contributed by atoms with E-state index in [1.807, 2.05) is 13.8 Å². The van der Waals surface area contributed by atoms with Crippen LogP contribution in [0.2, 0.25) is 0 Å². The first kappa shape index (κ1) is 9.44. The highest BCUT2D eigenvalue weighted by Gasteiger charge is 2.46. The molecule has 0 aromatic carbocycles. The van der Waals surface area contributed by atoms with Crippen LogP contribution in [0.5, 0.6) is 0 Å². The lowest BCUT2D eigenvalue weighted by molar-refractivity contribution is -0.153. The Balaban J connectivity index is 2.08. The zero-order valence-corrected chi connectivity index (χ0v) is 8.58. The average Bonchev–Trinajstić information content (AvgIpc) is 2.37. The first-order chi connectivity index (χ1) is 6.12. The lowest BCUT2D eigenvalue weighted by Crippen LogP contribution is -2.42. The minimum Gasteiger partial charge on any atom is -0.375 e. The van der Waals surface area contributed by atoms with E-state index < -0.39 is 5.79 Å². The van der Waals surface area contributed by atoms with Gasteiger partial charge in [0.05, 0.1) is 12.2 Å². The summed E-state index contributed by atoms with van der Waals surface area (Å²) in [7, 11) is 0. The summed E-state index contributed by atoms with van der Waals surface area (Å²) in [6, 6.07) is 0. The van der Waals surface area contributed by atoms with Crippen molar-refractivity contribution in [2.24, 2.45) is 0 Å². The second kappa shape index (κ2) is 3.23. The molecule has 13 heavy (non-hydrogen) atoms. The van der Waals surface area contributed by atoms with Crippen LogP contribution in [0, 0.1) is 0 Å². The van der Waals surface area contributed by atoms with E-state index in [1.54, 1.807) is 0 Å². The van der Waals surface area contributed by atoms with Gasteiger partial charge in [-0.15, -0.1) is 0 Å². The molecule has 0 aromatic rings. The van der Waals surface area contributed by atoms with E-state index in [0.29, 0.717) is 0 Å². The number of fused-ring (bicyclic) bond motifs is 1. The summed E-state index contributed by atoms with van der Waals surface area (Å²) in [5.74, 6) is -0.420. The Hall–Kier alpha value is -0.120. The van der Waals surface area contributed by atoms with Crippen molar-refractivity contribution in [3.63, 3.8) is 0 Å². The fourth-order valence-corrected chi connectivity index (χ4v) is 2.18. The van der Waals surface area contributed by atoms with Crippen LogP contribution >= 0.6 is 0 Å². The third kappa shape index (κ3) is 1.73. The number of hydrogen-bond acceptors (Lipinski definition) is 3. The molecule has 3 heteroatoms. The number of rotatable bonds is 1. The van der Waals surface area contributed by atoms with E-state index in [0.717, 1.165) is 19.4 Å². The SMILES string of the molecule is CCC1OCCC2OC(C)(C)OC12. The van der Waals surface area contributed by atoms with Gasteiger partial charge in [0.15, 0.2) is 5.79 Å². The average molecular weight is 186 g/mol. The molecule has 2 saturated heterocycles. The Kier molecular flexibility index (Phi) is 2.34. The Morgan fingerprint density at radius 2 is 2.08 bits per heavy atom. The second-order valence-corrected chi connectivity index (χ2v) is 4.24. The predicted molar refractivity (Wildman–Crippen MR) is 48.5 cm³/mol. The van der Waals surface area contributed by atoms with Crippen molar-refractivity contribution in [1.29, 1.82) is 0 Å². The van der Waals surface area contributed by atoms with E-state index in [9.17, 15) is 0 Å². The predicted octanol–water partition coefficient (Wildman–Crippen LogP) is 1.71. The smallest absolute Gasteiger partial charge is 0.163 e. The molecule has 0 radical (unpaired) electrons. The molecule has 0 N–H and O–H groups in total. The van der Waals surface area contributed by atoms with Gasteiger partial charge in [-0.1, -0.05) is 6.92 Å². The van der Waals surface area contributed by atoms with Gasteiger partial charge in [-0.3, -0.25) is 0 Å². The monoisotopic (exact) mass is 186 g/mol. The van der Waals surface area contributed by atoms with Crippen molar-refractivity contribution in [3.8, 4) is 0 Å². The van der Waals surface area contributed by atoms with E-state index >= 15 is 0 Å². The van der Waals surface area contributed by atoms with Crippen LogP contribution in [-0.4, -0.2) is 30.7 Å². The Morgan fingerprint density at radius 3 is 2.77 bits per heavy atom. The van der Waals surface area contributed by atoms with Gasteiger partial charge in [-0.2, -0.15) is 0 Å². The van der Waals surface area contributed by atoms with Crippen LogP contribution in [0.15, 0.2) is 0 Å². The molecule has 0 saturated carbocycles. The van der Waals surface area contributed by atoms with Crippen LogP contribution < -0.4 is 0 Å². The molecule has 2 aliphatic rings. The van der Waals surface area contributed by atoms with Gasteiger partial charge in [0.25, 0.3) is 0 Å². The summed E-state index contributed by atoms with van der Waals surface area (Å²) in [6.07, 6.45) is 2.58. The van der Waals surface area contributed by atoms with Crippen molar-refractivity contribution in [3.05, 3.63) is 0 Å². The molecule has 2 rings (SSSR count). The zero-order valence-electron chi connectivity index (χ0n) is 8.58. The number of ether oxygens (including phenoxy) is 3. The van der Waals surface area contributed by atoms with Gasteiger partial charge in [-0.05, 0) is 26.7 Å². The lowest BCUT2D eigenvalue weighted by atomic mass is 10.0. The fourth-order valence-electron chi connectivity index (χ4n) is 2.18. The Morgan fingerprint density at radius 1 is 1.31 bits per heavy atom. The first-order valence-electron chi connectivity index (χ1n) is 5.09. The molecule has 3 unspecified atom stereocenters. The molecule has 0 bridgehead atoms. The van der Waals surface area contributed by atoms with E-state index in [-0.39, 0.29) is 18.3 Å². The Labute approximate surface area is 79.4 Å². The van der Waals surface area contributed by atoms with E-state index in [4.69, 9.17) is 14.2 Å². The third-order valence-electron chi connectivity index (χ3n) is 2.72. The van der Waals surface area contributed by atoms with Crippen LogP contribution in [0.3, 0.4) is 0 Å². The highest BCUT2D eigenvalue weighted by Crippen LogP contribution is 2.35. The molecule has 76 valence electrons. The van der Waals surface area contributed by atoms with Crippen molar-refractivity contribution < 1.29 is 14.2 Å². The molecule has 0 aromatic heterocycles. The standard InChI is InChI=1S/C10H18O3/c1-4-7-9-8(5-6-11-7)12-10(2,3)13-9/h7-9H,4-6H2,1-3H3. The van der Waals surface area contributed by atoms with Crippen molar-refractivity contribution in [1.82, 2.24) is 0 Å². The summed E-state index contributed by atoms with van der Waals surface area (Å²) in [4.78, 5) is 0. The highest BCUT2D eigenvalue weighted by molar-refractivity contribution is 4.89. The molecule has 2 fully saturated rings. The summed E-state index contributed by atoms with van der Waals surface area (Å²) >= 11 is 0. The van der Waals surface area contributed by atoms with Crippen molar-refractivity contribution in [2.75, 3.05) is 6.61 Å². The van der Waals surface area contributed by atoms with Gasteiger partial charge in [0.1, 0.15) is 6.10 Å². The summed E-state index contributed by atoms with van der Waals surface area (Å²) < 4.78 is 17.2. The van der Waals surface area contributed by atoms with Crippen LogP contribution in [-0.2, 0) is 14.2 Å². The van der Waals surface area contributed by atoms with Gasteiger partial charge in [0.2, 0.25) is 0 Å². The maximum atomic E-state index is 5.81. The molecule has 2 heterocycles. The van der Waals surface area contributed by atoms with Crippen LogP contribution in [0.1, 0.15) is 33.6 Å². The van der Waals surface area contributed by atoms with Crippen molar-refractivity contribution >= 4 is 0 Å². The zero-order chi connectivity index (χ0) is 9.47. The molecule has 3 nitrogen and oxygen atoms in total. The maximum absolute atomic E-state index is 5.81. The molecule has 0 spiro atoms. The Bertz CT molecular complexity index is 191. The van der Waals surface area contributed by atoms with E-state index in [2.05, 4.69) is 6.92 Å². The molecular formula is C10H18O3. The largest absolute Gasteiger partial charge is 0.375 e. The minimum atomic E-state index is -0.420. The normalized spacial score (nSPS) is 43.2. The maximum Gasteiger partial charge on any atom is 0.163 e. The van der Waals surface area contributed by atoms with Crippen LogP contribution in [0.4, 0.5) is 0 Å². The minimum absolute atomic E-state index is 0.147.